The molecule has 0 atom stereocenters. The molecule has 0 saturated heterocycles. The Bertz CT molecular complexity index is 512. The van der Waals surface area contributed by atoms with Gasteiger partial charge in [0.15, 0.2) is 0 Å². The number of rotatable bonds is 1. The van der Waals surface area contributed by atoms with E-state index in [1.165, 1.54) is 0 Å². The Kier molecular flexibility index (Phi) is 2.69. The molecule has 0 aliphatic carbocycles. The van der Waals surface area contributed by atoms with Gasteiger partial charge in [0.1, 0.15) is 6.33 Å². The van der Waals surface area contributed by atoms with E-state index < -0.39 is 0 Å². The van der Waals surface area contributed by atoms with Crippen molar-refractivity contribution in [3.63, 3.8) is 0 Å². The molecular formula is C13H15N3. The lowest BCUT2D eigenvalue weighted by Crippen LogP contribution is -1.99. The SMILES string of the molecule is Cc1ccc(C)c(-c2c(C)ncnc2C)n1. The Labute approximate surface area is 95.6 Å². The minimum atomic E-state index is 0.980. The Morgan fingerprint density at radius 1 is 0.875 bits per heavy atom. The van der Waals surface area contributed by atoms with Crippen LogP contribution in [0.1, 0.15) is 22.6 Å². The molecule has 0 saturated carbocycles. The predicted octanol–water partition coefficient (Wildman–Crippen LogP) is 2.77. The molecule has 3 nitrogen and oxygen atoms in total. The van der Waals surface area contributed by atoms with Crippen LogP contribution in [0.15, 0.2) is 18.5 Å². The summed E-state index contributed by atoms with van der Waals surface area (Å²) in [5.74, 6) is 0. The molecule has 0 unspecified atom stereocenters. The molecule has 2 aromatic heterocycles. The van der Waals surface area contributed by atoms with E-state index in [4.69, 9.17) is 0 Å². The average Bonchev–Trinajstić information content (AvgIpc) is 2.23. The number of nitrogens with zero attached hydrogens (tertiary/aromatic N) is 3. The van der Waals surface area contributed by atoms with Crippen LogP contribution in [0.4, 0.5) is 0 Å². The third-order valence-corrected chi connectivity index (χ3v) is 2.70. The summed E-state index contributed by atoms with van der Waals surface area (Å²) in [6, 6.07) is 4.11. The van der Waals surface area contributed by atoms with Gasteiger partial charge in [0.25, 0.3) is 0 Å². The van der Waals surface area contributed by atoms with E-state index in [-0.39, 0.29) is 0 Å². The van der Waals surface area contributed by atoms with Crippen molar-refractivity contribution in [2.24, 2.45) is 0 Å². The molecular weight excluding hydrogens is 198 g/mol. The molecule has 16 heavy (non-hydrogen) atoms. The Hall–Kier alpha value is -1.77. The van der Waals surface area contributed by atoms with Crippen LogP contribution >= 0.6 is 0 Å². The summed E-state index contributed by atoms with van der Waals surface area (Å²) in [7, 11) is 0. The van der Waals surface area contributed by atoms with Gasteiger partial charge in [-0.1, -0.05) is 6.07 Å². The quantitative estimate of drug-likeness (QED) is 0.731. The van der Waals surface area contributed by atoms with Gasteiger partial charge in [0, 0.05) is 11.3 Å². The molecule has 0 amide bonds. The second kappa shape index (κ2) is 4.00. The Morgan fingerprint density at radius 2 is 1.50 bits per heavy atom. The molecule has 0 bridgehead atoms. The van der Waals surface area contributed by atoms with Crippen LogP contribution in [0, 0.1) is 27.7 Å². The molecule has 0 radical (unpaired) electrons. The fraction of sp³-hybridized carbons (Fsp3) is 0.308. The minimum absolute atomic E-state index is 0.980. The van der Waals surface area contributed by atoms with Gasteiger partial charge in [0.05, 0.1) is 17.1 Å². The van der Waals surface area contributed by atoms with Crippen molar-refractivity contribution in [2.75, 3.05) is 0 Å². The van der Waals surface area contributed by atoms with Crippen molar-refractivity contribution < 1.29 is 0 Å². The molecule has 0 aromatic carbocycles. The molecule has 0 aliphatic heterocycles. The molecule has 0 spiro atoms. The first-order valence-electron chi connectivity index (χ1n) is 5.32. The van der Waals surface area contributed by atoms with Crippen LogP contribution in [-0.4, -0.2) is 15.0 Å². The lowest BCUT2D eigenvalue weighted by atomic mass is 10.0. The minimum Gasteiger partial charge on any atom is -0.253 e. The number of hydrogen-bond donors (Lipinski definition) is 0. The highest BCUT2D eigenvalue weighted by Crippen LogP contribution is 2.25. The van der Waals surface area contributed by atoms with Gasteiger partial charge < -0.3 is 0 Å². The highest BCUT2D eigenvalue weighted by atomic mass is 14.8. The van der Waals surface area contributed by atoms with E-state index in [1.807, 2.05) is 26.8 Å². The second-order valence-electron chi connectivity index (χ2n) is 4.04. The summed E-state index contributed by atoms with van der Waals surface area (Å²) in [6.45, 7) is 8.05. The van der Waals surface area contributed by atoms with Crippen molar-refractivity contribution in [1.29, 1.82) is 0 Å². The van der Waals surface area contributed by atoms with Crippen molar-refractivity contribution in [3.8, 4) is 11.3 Å². The van der Waals surface area contributed by atoms with Gasteiger partial charge in [-0.15, -0.1) is 0 Å². The van der Waals surface area contributed by atoms with Crippen LogP contribution in [0.5, 0.6) is 0 Å². The Morgan fingerprint density at radius 3 is 2.12 bits per heavy atom. The molecule has 0 N–H and O–H groups in total. The maximum absolute atomic E-state index is 4.58. The van der Waals surface area contributed by atoms with Crippen molar-refractivity contribution in [1.82, 2.24) is 15.0 Å². The molecule has 2 aromatic rings. The fourth-order valence-corrected chi connectivity index (χ4v) is 1.82. The third-order valence-electron chi connectivity index (χ3n) is 2.70. The summed E-state index contributed by atoms with van der Waals surface area (Å²) < 4.78 is 0. The summed E-state index contributed by atoms with van der Waals surface area (Å²) in [5.41, 5.74) is 6.19. The molecule has 0 aliphatic rings. The predicted molar refractivity (Wildman–Crippen MR) is 64.2 cm³/mol. The highest BCUT2D eigenvalue weighted by Gasteiger charge is 2.11. The number of pyridine rings is 1. The summed E-state index contributed by atoms with van der Waals surface area (Å²) >= 11 is 0. The van der Waals surface area contributed by atoms with Crippen LogP contribution in [0.25, 0.3) is 11.3 Å². The summed E-state index contributed by atoms with van der Waals surface area (Å²) in [4.78, 5) is 13.1. The standard InChI is InChI=1S/C13H15N3/c1-8-5-6-9(2)16-13(8)12-10(3)14-7-15-11(12)4/h5-7H,1-4H3. The van der Waals surface area contributed by atoms with E-state index >= 15 is 0 Å². The molecule has 82 valence electrons. The number of aryl methyl sites for hydroxylation is 4. The topological polar surface area (TPSA) is 38.7 Å². The van der Waals surface area contributed by atoms with Crippen molar-refractivity contribution in [3.05, 3.63) is 41.1 Å². The van der Waals surface area contributed by atoms with Crippen LogP contribution in [0.3, 0.4) is 0 Å². The number of aromatic nitrogens is 3. The fourth-order valence-electron chi connectivity index (χ4n) is 1.82. The van der Waals surface area contributed by atoms with E-state index in [9.17, 15) is 0 Å². The van der Waals surface area contributed by atoms with Crippen molar-refractivity contribution >= 4 is 0 Å². The first-order valence-corrected chi connectivity index (χ1v) is 5.32. The highest BCUT2D eigenvalue weighted by molar-refractivity contribution is 5.67. The average molecular weight is 213 g/mol. The maximum Gasteiger partial charge on any atom is 0.115 e. The van der Waals surface area contributed by atoms with Gasteiger partial charge in [-0.2, -0.15) is 0 Å². The molecule has 2 heterocycles. The zero-order valence-corrected chi connectivity index (χ0v) is 10.1. The lowest BCUT2D eigenvalue weighted by molar-refractivity contribution is 1.04. The van der Waals surface area contributed by atoms with E-state index in [0.717, 1.165) is 33.9 Å². The first-order chi connectivity index (χ1) is 7.59. The van der Waals surface area contributed by atoms with Crippen LogP contribution < -0.4 is 0 Å². The lowest BCUT2D eigenvalue weighted by Gasteiger charge is -2.10. The monoisotopic (exact) mass is 213 g/mol. The van der Waals surface area contributed by atoms with Gasteiger partial charge in [-0.3, -0.25) is 4.98 Å². The summed E-state index contributed by atoms with van der Waals surface area (Å²) in [5, 5.41) is 0. The smallest absolute Gasteiger partial charge is 0.115 e. The normalized spacial score (nSPS) is 10.5. The van der Waals surface area contributed by atoms with E-state index in [2.05, 4.69) is 27.9 Å². The maximum atomic E-state index is 4.58. The van der Waals surface area contributed by atoms with Crippen LogP contribution in [-0.2, 0) is 0 Å². The molecule has 0 fully saturated rings. The largest absolute Gasteiger partial charge is 0.253 e. The summed E-state index contributed by atoms with van der Waals surface area (Å²) in [6.07, 6.45) is 1.60. The van der Waals surface area contributed by atoms with E-state index in [1.54, 1.807) is 6.33 Å². The van der Waals surface area contributed by atoms with Gasteiger partial charge in [0.2, 0.25) is 0 Å². The van der Waals surface area contributed by atoms with E-state index in [0.29, 0.717) is 0 Å². The first kappa shape index (κ1) is 10.7. The van der Waals surface area contributed by atoms with Crippen LogP contribution in [0.2, 0.25) is 0 Å². The number of hydrogen-bond acceptors (Lipinski definition) is 3. The van der Waals surface area contributed by atoms with Crippen molar-refractivity contribution in [2.45, 2.75) is 27.7 Å². The Balaban J connectivity index is 2.72. The van der Waals surface area contributed by atoms with Gasteiger partial charge >= 0.3 is 0 Å². The zero-order valence-electron chi connectivity index (χ0n) is 10.1. The molecule has 3 heteroatoms. The third kappa shape index (κ3) is 1.81. The van der Waals surface area contributed by atoms with Gasteiger partial charge in [-0.25, -0.2) is 9.97 Å². The molecule has 2 rings (SSSR count). The van der Waals surface area contributed by atoms with Gasteiger partial charge in [-0.05, 0) is 39.3 Å². The zero-order chi connectivity index (χ0) is 11.7. The second-order valence-corrected chi connectivity index (χ2v) is 4.04.